The fourth-order valence-corrected chi connectivity index (χ4v) is 3.68. The number of aryl methyl sites for hydroxylation is 1. The van der Waals surface area contributed by atoms with E-state index < -0.39 is 5.41 Å². The standard InChI is InChI=1S/C17H16N4O2/c1-10-14-16(21-20-10)23-15(19)13(7-18)17(14,12-8-22-9-12)11-5-3-2-4-6-11/h2-6,12H,8-9,19H2,1H3,(H,20,21). The fraction of sp³-hybridized carbons (Fsp3) is 0.294. The van der Waals surface area contributed by atoms with Gasteiger partial charge in [0.15, 0.2) is 0 Å². The molecule has 4 rings (SSSR count). The number of nitrogens with two attached hydrogens (primary N) is 1. The van der Waals surface area contributed by atoms with E-state index in [0.717, 1.165) is 16.8 Å². The zero-order valence-electron chi connectivity index (χ0n) is 12.7. The largest absolute Gasteiger partial charge is 0.420 e. The van der Waals surface area contributed by atoms with Crippen molar-refractivity contribution in [3.8, 4) is 11.9 Å². The molecule has 2 aliphatic heterocycles. The van der Waals surface area contributed by atoms with E-state index in [0.29, 0.717) is 24.7 Å². The van der Waals surface area contributed by atoms with Crippen molar-refractivity contribution in [3.05, 3.63) is 58.6 Å². The number of aromatic nitrogens is 2. The van der Waals surface area contributed by atoms with Crippen molar-refractivity contribution in [2.75, 3.05) is 13.2 Å². The Morgan fingerprint density at radius 1 is 1.35 bits per heavy atom. The molecule has 2 aliphatic rings. The number of benzene rings is 1. The molecular formula is C17H16N4O2. The van der Waals surface area contributed by atoms with E-state index >= 15 is 0 Å². The summed E-state index contributed by atoms with van der Waals surface area (Å²) in [5.74, 6) is 0.661. The van der Waals surface area contributed by atoms with Gasteiger partial charge in [0, 0.05) is 11.6 Å². The molecule has 1 aromatic carbocycles. The average Bonchev–Trinajstić information content (AvgIpc) is 2.87. The van der Waals surface area contributed by atoms with E-state index in [4.69, 9.17) is 15.2 Å². The van der Waals surface area contributed by atoms with Gasteiger partial charge in [-0.2, -0.15) is 5.26 Å². The van der Waals surface area contributed by atoms with Gasteiger partial charge >= 0.3 is 0 Å². The minimum atomic E-state index is -0.691. The fourth-order valence-electron chi connectivity index (χ4n) is 3.68. The number of nitrogens with zero attached hydrogens (tertiary/aromatic N) is 2. The van der Waals surface area contributed by atoms with Gasteiger partial charge in [-0.05, 0) is 12.5 Å². The minimum absolute atomic E-state index is 0.108. The Bertz CT molecular complexity index is 830. The summed E-state index contributed by atoms with van der Waals surface area (Å²) < 4.78 is 11.1. The second-order valence-corrected chi connectivity index (χ2v) is 5.89. The Labute approximate surface area is 133 Å². The molecule has 6 nitrogen and oxygen atoms in total. The maximum atomic E-state index is 9.84. The maximum Gasteiger partial charge on any atom is 0.244 e. The van der Waals surface area contributed by atoms with Gasteiger partial charge in [-0.25, -0.2) is 0 Å². The van der Waals surface area contributed by atoms with Crippen molar-refractivity contribution in [2.24, 2.45) is 11.7 Å². The number of allylic oxidation sites excluding steroid dienone is 1. The number of nitrogens with one attached hydrogen (secondary N) is 1. The summed E-state index contributed by atoms with van der Waals surface area (Å²) in [5.41, 5.74) is 8.57. The lowest BCUT2D eigenvalue weighted by molar-refractivity contribution is -0.0569. The number of fused-ring (bicyclic) bond motifs is 1. The van der Waals surface area contributed by atoms with Gasteiger partial charge in [0.25, 0.3) is 0 Å². The molecule has 0 spiro atoms. The van der Waals surface area contributed by atoms with Gasteiger partial charge in [0.1, 0.15) is 11.6 Å². The summed E-state index contributed by atoms with van der Waals surface area (Å²) in [7, 11) is 0. The zero-order chi connectivity index (χ0) is 16.0. The SMILES string of the molecule is Cc1[nH]nc2c1C(c1ccccc1)(C1COC1)C(C#N)=C(N)O2. The summed E-state index contributed by atoms with van der Waals surface area (Å²) in [6.45, 7) is 3.07. The van der Waals surface area contributed by atoms with Crippen molar-refractivity contribution < 1.29 is 9.47 Å². The van der Waals surface area contributed by atoms with Crippen molar-refractivity contribution in [2.45, 2.75) is 12.3 Å². The third kappa shape index (κ3) is 1.68. The first-order valence-electron chi connectivity index (χ1n) is 7.46. The minimum Gasteiger partial charge on any atom is -0.420 e. The van der Waals surface area contributed by atoms with E-state index in [1.165, 1.54) is 0 Å². The van der Waals surface area contributed by atoms with Crippen molar-refractivity contribution in [1.29, 1.82) is 5.26 Å². The molecule has 1 fully saturated rings. The lowest BCUT2D eigenvalue weighted by Gasteiger charge is -2.46. The monoisotopic (exact) mass is 308 g/mol. The first kappa shape index (κ1) is 13.9. The summed E-state index contributed by atoms with van der Waals surface area (Å²) in [5, 5.41) is 17.0. The van der Waals surface area contributed by atoms with Crippen LogP contribution in [0.4, 0.5) is 0 Å². The number of ether oxygens (including phenoxy) is 2. The van der Waals surface area contributed by atoms with Gasteiger partial charge in [-0.1, -0.05) is 30.3 Å². The maximum absolute atomic E-state index is 9.84. The molecule has 3 N–H and O–H groups in total. The smallest absolute Gasteiger partial charge is 0.244 e. The van der Waals surface area contributed by atoms with Crippen LogP contribution in [0.5, 0.6) is 5.88 Å². The third-order valence-corrected chi connectivity index (χ3v) is 4.75. The molecule has 1 atom stereocenters. The molecule has 0 amide bonds. The predicted octanol–water partition coefficient (Wildman–Crippen LogP) is 1.74. The van der Waals surface area contributed by atoms with Gasteiger partial charge in [0.05, 0.1) is 24.2 Å². The molecule has 1 unspecified atom stereocenters. The third-order valence-electron chi connectivity index (χ3n) is 4.75. The van der Waals surface area contributed by atoms with Crippen LogP contribution in [0.15, 0.2) is 41.8 Å². The molecule has 1 aromatic heterocycles. The molecule has 0 aliphatic carbocycles. The Hall–Kier alpha value is -2.78. The summed E-state index contributed by atoms with van der Waals surface area (Å²) in [4.78, 5) is 0. The van der Waals surface area contributed by atoms with Crippen molar-refractivity contribution in [3.63, 3.8) is 0 Å². The molecule has 23 heavy (non-hydrogen) atoms. The van der Waals surface area contributed by atoms with Gasteiger partial charge < -0.3 is 15.2 Å². The van der Waals surface area contributed by atoms with Crippen molar-refractivity contribution >= 4 is 0 Å². The first-order valence-corrected chi connectivity index (χ1v) is 7.46. The van der Waals surface area contributed by atoms with Crippen LogP contribution in [-0.2, 0) is 10.2 Å². The summed E-state index contributed by atoms with van der Waals surface area (Å²) in [6.07, 6.45) is 0. The number of hydrogen-bond donors (Lipinski definition) is 2. The number of nitriles is 1. The first-order chi connectivity index (χ1) is 11.2. The molecule has 0 radical (unpaired) electrons. The molecule has 0 saturated carbocycles. The molecule has 6 heteroatoms. The summed E-state index contributed by atoms with van der Waals surface area (Å²) >= 11 is 0. The van der Waals surface area contributed by atoms with Crippen LogP contribution >= 0.6 is 0 Å². The van der Waals surface area contributed by atoms with Crippen LogP contribution in [0.2, 0.25) is 0 Å². The second kappa shape index (κ2) is 4.86. The van der Waals surface area contributed by atoms with Crippen LogP contribution in [0.3, 0.4) is 0 Å². The van der Waals surface area contributed by atoms with Crippen LogP contribution < -0.4 is 10.5 Å². The Balaban J connectivity index is 2.10. The predicted molar refractivity (Wildman–Crippen MR) is 82.3 cm³/mol. The lowest BCUT2D eigenvalue weighted by Crippen LogP contribution is -2.51. The highest BCUT2D eigenvalue weighted by Gasteiger charge is 2.55. The quantitative estimate of drug-likeness (QED) is 0.880. The van der Waals surface area contributed by atoms with E-state index in [1.54, 1.807) is 0 Å². The van der Waals surface area contributed by atoms with Gasteiger partial charge in [-0.15, -0.1) is 5.10 Å². The Morgan fingerprint density at radius 3 is 2.70 bits per heavy atom. The highest BCUT2D eigenvalue weighted by atomic mass is 16.5. The van der Waals surface area contributed by atoms with Gasteiger partial charge in [0.2, 0.25) is 11.8 Å². The molecule has 3 heterocycles. The normalized spacial score (nSPS) is 23.7. The number of rotatable bonds is 2. The molecule has 0 bridgehead atoms. The molecule has 116 valence electrons. The van der Waals surface area contributed by atoms with E-state index in [-0.39, 0.29) is 11.8 Å². The Morgan fingerprint density at radius 2 is 2.09 bits per heavy atom. The number of hydrogen-bond acceptors (Lipinski definition) is 5. The summed E-state index contributed by atoms with van der Waals surface area (Å²) in [6, 6.07) is 12.2. The molecular weight excluding hydrogens is 292 g/mol. The van der Waals surface area contributed by atoms with Crippen LogP contribution in [0.1, 0.15) is 16.8 Å². The van der Waals surface area contributed by atoms with E-state index in [2.05, 4.69) is 16.3 Å². The average molecular weight is 308 g/mol. The topological polar surface area (TPSA) is 97.0 Å². The van der Waals surface area contributed by atoms with E-state index in [1.807, 2.05) is 37.3 Å². The van der Waals surface area contributed by atoms with Crippen LogP contribution in [0.25, 0.3) is 0 Å². The number of H-pyrrole nitrogens is 1. The molecule has 1 saturated heterocycles. The van der Waals surface area contributed by atoms with Crippen molar-refractivity contribution in [1.82, 2.24) is 10.2 Å². The highest BCUT2D eigenvalue weighted by molar-refractivity contribution is 5.62. The lowest BCUT2D eigenvalue weighted by atomic mass is 9.60. The van der Waals surface area contributed by atoms with Crippen LogP contribution in [-0.4, -0.2) is 23.4 Å². The highest BCUT2D eigenvalue weighted by Crippen LogP contribution is 2.54. The molecule has 2 aromatic rings. The number of aromatic amines is 1. The van der Waals surface area contributed by atoms with Gasteiger partial charge in [-0.3, -0.25) is 5.10 Å². The Kier molecular flexibility index (Phi) is 2.93. The zero-order valence-corrected chi connectivity index (χ0v) is 12.7. The second-order valence-electron chi connectivity index (χ2n) is 5.89. The van der Waals surface area contributed by atoms with E-state index in [9.17, 15) is 5.26 Å². The van der Waals surface area contributed by atoms with Crippen LogP contribution in [0, 0.1) is 24.2 Å².